The Hall–Kier alpha value is -3.39. The lowest BCUT2D eigenvalue weighted by molar-refractivity contribution is -0.117. The number of hydrogen-bond donors (Lipinski definition) is 2. The van der Waals surface area contributed by atoms with Gasteiger partial charge in [0.2, 0.25) is 5.91 Å². The van der Waals surface area contributed by atoms with Crippen LogP contribution in [0.25, 0.3) is 0 Å². The predicted molar refractivity (Wildman–Crippen MR) is 110 cm³/mol. The van der Waals surface area contributed by atoms with Gasteiger partial charge in [-0.2, -0.15) is 0 Å². The molecule has 8 heteroatoms. The molecule has 0 aliphatic carbocycles. The molecule has 1 aromatic carbocycles. The number of amides is 1. The van der Waals surface area contributed by atoms with Gasteiger partial charge >= 0.3 is 0 Å². The average molecular weight is 409 g/mol. The number of carbonyl (C=O) groups is 1. The number of carbonyl (C=O) groups excluding carboxylic acids is 1. The Balaban J connectivity index is 1.37. The van der Waals surface area contributed by atoms with Crippen LogP contribution in [0.1, 0.15) is 24.6 Å². The lowest BCUT2D eigenvalue weighted by atomic mass is 10.1. The van der Waals surface area contributed by atoms with Gasteiger partial charge in [-0.15, -0.1) is 0 Å². The van der Waals surface area contributed by atoms with Crippen molar-refractivity contribution in [2.75, 3.05) is 23.7 Å². The molecule has 3 aromatic rings. The quantitative estimate of drug-likeness (QED) is 0.636. The molecule has 0 saturated carbocycles. The highest BCUT2D eigenvalue weighted by atomic mass is 19.1. The molecule has 4 rings (SSSR count). The molecule has 30 heavy (non-hydrogen) atoms. The summed E-state index contributed by atoms with van der Waals surface area (Å²) in [7, 11) is 0. The molecule has 0 radical (unpaired) electrons. The van der Waals surface area contributed by atoms with E-state index < -0.39 is 0 Å². The van der Waals surface area contributed by atoms with Crippen LogP contribution in [0.3, 0.4) is 0 Å². The fraction of sp³-hybridized carbons (Fsp3) is 0.227. The van der Waals surface area contributed by atoms with Crippen molar-refractivity contribution in [2.24, 2.45) is 0 Å². The summed E-state index contributed by atoms with van der Waals surface area (Å²) < 4.78 is 26.0. The number of aromatic nitrogens is 2. The number of halogens is 2. The molecule has 1 aliphatic rings. The van der Waals surface area contributed by atoms with Crippen LogP contribution in [0.4, 0.5) is 26.0 Å². The minimum absolute atomic E-state index is 0.0574. The third kappa shape index (κ3) is 4.96. The number of hydrogen-bond acceptors (Lipinski definition) is 5. The van der Waals surface area contributed by atoms with Crippen molar-refractivity contribution in [1.29, 1.82) is 0 Å². The van der Waals surface area contributed by atoms with Crippen LogP contribution in [-0.2, 0) is 4.79 Å². The van der Waals surface area contributed by atoms with Gasteiger partial charge in [-0.05, 0) is 67.9 Å². The third-order valence-corrected chi connectivity index (χ3v) is 4.97. The van der Waals surface area contributed by atoms with Gasteiger partial charge in [-0.3, -0.25) is 14.7 Å². The zero-order chi connectivity index (χ0) is 20.9. The zero-order valence-electron chi connectivity index (χ0n) is 16.2. The smallest absolute Gasteiger partial charge is 0.238 e. The van der Waals surface area contributed by atoms with Crippen molar-refractivity contribution in [1.82, 2.24) is 14.9 Å². The van der Waals surface area contributed by atoms with Crippen molar-refractivity contribution >= 4 is 23.1 Å². The van der Waals surface area contributed by atoms with E-state index in [-0.39, 0.29) is 30.1 Å². The molecule has 1 atom stereocenters. The van der Waals surface area contributed by atoms with Crippen LogP contribution in [0.2, 0.25) is 0 Å². The van der Waals surface area contributed by atoms with E-state index in [4.69, 9.17) is 0 Å². The molecule has 1 saturated heterocycles. The molecule has 0 spiro atoms. The summed E-state index contributed by atoms with van der Waals surface area (Å²) in [4.78, 5) is 23.0. The van der Waals surface area contributed by atoms with Crippen LogP contribution < -0.4 is 10.6 Å². The topological polar surface area (TPSA) is 70.2 Å². The molecular weight excluding hydrogens is 388 g/mol. The summed E-state index contributed by atoms with van der Waals surface area (Å²) >= 11 is 0. The van der Waals surface area contributed by atoms with Crippen molar-refractivity contribution in [3.05, 3.63) is 78.3 Å². The highest BCUT2D eigenvalue weighted by Gasteiger charge is 2.28. The van der Waals surface area contributed by atoms with E-state index in [1.807, 2.05) is 12.1 Å². The number of benzene rings is 1. The van der Waals surface area contributed by atoms with Crippen LogP contribution in [0, 0.1) is 11.6 Å². The monoisotopic (exact) mass is 409 g/mol. The molecule has 3 heterocycles. The largest absolute Gasteiger partial charge is 0.339 e. The first-order valence-electron chi connectivity index (χ1n) is 9.71. The van der Waals surface area contributed by atoms with Crippen molar-refractivity contribution < 1.29 is 13.6 Å². The summed E-state index contributed by atoms with van der Waals surface area (Å²) in [6, 6.07) is 12.5. The fourth-order valence-corrected chi connectivity index (χ4v) is 3.54. The standard InChI is InChI=1S/C22H21F2N5O/c23-15-3-6-17(7-4-15)28-22(30)14-29-11-1-2-20(29)19-9-8-18(13-25-19)27-21-10-5-16(24)12-26-21/h3-10,12-13,20H,1-2,11,14H2,(H,26,27)(H,28,30)/t20-/m1/s1. The van der Waals surface area contributed by atoms with E-state index in [1.54, 1.807) is 12.3 Å². The first kappa shape index (κ1) is 19.9. The molecule has 0 unspecified atom stereocenters. The Kier molecular flexibility index (Phi) is 5.94. The molecule has 1 amide bonds. The summed E-state index contributed by atoms with van der Waals surface area (Å²) in [6.07, 6.45) is 4.76. The molecule has 1 fully saturated rings. The average Bonchev–Trinajstić information content (AvgIpc) is 3.20. The van der Waals surface area contributed by atoms with Gasteiger partial charge in [0, 0.05) is 5.69 Å². The number of likely N-dealkylation sites (tertiary alicyclic amines) is 1. The lowest BCUT2D eigenvalue weighted by Gasteiger charge is -2.23. The maximum absolute atomic E-state index is 13.0. The van der Waals surface area contributed by atoms with Crippen LogP contribution in [0.5, 0.6) is 0 Å². The number of anilines is 3. The Morgan fingerprint density at radius 1 is 0.967 bits per heavy atom. The van der Waals surface area contributed by atoms with Gasteiger partial charge < -0.3 is 10.6 Å². The first-order chi connectivity index (χ1) is 14.6. The van der Waals surface area contributed by atoms with E-state index in [1.165, 1.54) is 30.3 Å². The van der Waals surface area contributed by atoms with Gasteiger partial charge in [-0.25, -0.2) is 13.8 Å². The molecule has 2 aromatic heterocycles. The maximum Gasteiger partial charge on any atom is 0.238 e. The van der Waals surface area contributed by atoms with Gasteiger partial charge in [0.1, 0.15) is 17.5 Å². The molecule has 154 valence electrons. The van der Waals surface area contributed by atoms with Gasteiger partial charge in [0.05, 0.1) is 36.4 Å². The minimum Gasteiger partial charge on any atom is -0.339 e. The number of nitrogens with one attached hydrogen (secondary N) is 2. The second-order valence-corrected chi connectivity index (χ2v) is 7.14. The summed E-state index contributed by atoms with van der Waals surface area (Å²) in [5.41, 5.74) is 2.20. The predicted octanol–water partition coefficient (Wildman–Crippen LogP) is 4.27. The van der Waals surface area contributed by atoms with E-state index in [2.05, 4.69) is 25.5 Å². The highest BCUT2D eigenvalue weighted by molar-refractivity contribution is 5.92. The fourth-order valence-electron chi connectivity index (χ4n) is 3.54. The number of nitrogens with zero attached hydrogens (tertiary/aromatic N) is 3. The summed E-state index contributed by atoms with van der Waals surface area (Å²) in [5, 5.41) is 5.88. The first-order valence-corrected chi connectivity index (χ1v) is 9.71. The van der Waals surface area contributed by atoms with Gasteiger partial charge in [0.25, 0.3) is 0 Å². The Bertz CT molecular complexity index is 994. The normalized spacial score (nSPS) is 16.4. The van der Waals surface area contributed by atoms with Crippen LogP contribution >= 0.6 is 0 Å². The van der Waals surface area contributed by atoms with Gasteiger partial charge in [-0.1, -0.05) is 0 Å². The molecule has 2 N–H and O–H groups in total. The van der Waals surface area contributed by atoms with Crippen LogP contribution in [0.15, 0.2) is 60.9 Å². The SMILES string of the molecule is O=C(CN1CCC[C@@H]1c1ccc(Nc2ccc(F)cn2)cn1)Nc1ccc(F)cc1. The molecular formula is C22H21F2N5O. The lowest BCUT2D eigenvalue weighted by Crippen LogP contribution is -2.33. The second-order valence-electron chi connectivity index (χ2n) is 7.14. The summed E-state index contributed by atoms with van der Waals surface area (Å²) in [6.45, 7) is 1.05. The van der Waals surface area contributed by atoms with E-state index in [9.17, 15) is 13.6 Å². The Labute approximate surface area is 173 Å². The van der Waals surface area contributed by atoms with E-state index in [0.29, 0.717) is 11.5 Å². The number of rotatable bonds is 6. The van der Waals surface area contributed by atoms with E-state index in [0.717, 1.165) is 37.0 Å². The second kappa shape index (κ2) is 8.96. The maximum atomic E-state index is 13.0. The molecule has 6 nitrogen and oxygen atoms in total. The minimum atomic E-state index is -0.390. The van der Waals surface area contributed by atoms with Gasteiger partial charge in [0.15, 0.2) is 0 Å². The Morgan fingerprint density at radius 3 is 2.43 bits per heavy atom. The van der Waals surface area contributed by atoms with Crippen molar-refractivity contribution in [3.63, 3.8) is 0 Å². The van der Waals surface area contributed by atoms with Crippen molar-refractivity contribution in [2.45, 2.75) is 18.9 Å². The van der Waals surface area contributed by atoms with Crippen molar-refractivity contribution in [3.8, 4) is 0 Å². The molecule has 1 aliphatic heterocycles. The number of pyridine rings is 2. The van der Waals surface area contributed by atoms with Crippen LogP contribution in [-0.4, -0.2) is 33.9 Å². The third-order valence-electron chi connectivity index (χ3n) is 4.97. The van der Waals surface area contributed by atoms with E-state index >= 15 is 0 Å². The highest BCUT2D eigenvalue weighted by Crippen LogP contribution is 2.31. The summed E-state index contributed by atoms with van der Waals surface area (Å²) in [5.74, 6) is -0.342. The molecule has 0 bridgehead atoms. The Morgan fingerprint density at radius 2 is 1.73 bits per heavy atom. The zero-order valence-corrected chi connectivity index (χ0v) is 16.2.